The van der Waals surface area contributed by atoms with Crippen molar-refractivity contribution in [3.63, 3.8) is 0 Å². The molecule has 2 heterocycles. The Balaban J connectivity index is 1.73. The Morgan fingerprint density at radius 1 is 1.00 bits per heavy atom. The molecular formula is C21H38N2O13. The monoisotopic (exact) mass is 526 g/mol. The maximum absolute atomic E-state index is 10.6. The van der Waals surface area contributed by atoms with Gasteiger partial charge in [0.1, 0.15) is 36.0 Å². The molecule has 7 unspecified atom stereocenters. The Kier molecular flexibility index (Phi) is 8.89. The zero-order valence-corrected chi connectivity index (χ0v) is 20.0. The van der Waals surface area contributed by atoms with Gasteiger partial charge in [-0.05, 0) is 13.8 Å². The first-order valence-corrected chi connectivity index (χ1v) is 11.6. The fourth-order valence-electron chi connectivity index (χ4n) is 4.86. The highest BCUT2D eigenvalue weighted by Gasteiger charge is 2.72. The molecule has 210 valence electrons. The van der Waals surface area contributed by atoms with Crippen molar-refractivity contribution < 1.29 is 64.9 Å². The summed E-state index contributed by atoms with van der Waals surface area (Å²) in [5.41, 5.74) is 10.2. The van der Waals surface area contributed by atoms with Crippen molar-refractivity contribution in [3.05, 3.63) is 11.5 Å². The summed E-state index contributed by atoms with van der Waals surface area (Å²) in [6.07, 6.45) is -12.1. The van der Waals surface area contributed by atoms with E-state index in [0.717, 1.165) is 0 Å². The van der Waals surface area contributed by atoms with Gasteiger partial charge in [-0.1, -0.05) is 0 Å². The van der Waals surface area contributed by atoms with E-state index < -0.39 is 110 Å². The fraction of sp³-hybridized carbons (Fsp3) is 0.905. The number of aliphatic hydroxyl groups is 9. The molecule has 1 saturated carbocycles. The third-order valence-electron chi connectivity index (χ3n) is 7.21. The molecule has 3 fully saturated rings. The largest absolute Gasteiger partial charge is 0.464 e. The Labute approximate surface area is 207 Å². The van der Waals surface area contributed by atoms with Crippen LogP contribution in [0.15, 0.2) is 11.5 Å². The Morgan fingerprint density at radius 2 is 1.64 bits per heavy atom. The van der Waals surface area contributed by atoms with Crippen LogP contribution in [0.3, 0.4) is 0 Å². The van der Waals surface area contributed by atoms with Crippen molar-refractivity contribution in [3.8, 4) is 0 Å². The summed E-state index contributed by atoms with van der Waals surface area (Å²) in [6, 6.07) is -0.886. The highest BCUT2D eigenvalue weighted by Crippen LogP contribution is 2.53. The summed E-state index contributed by atoms with van der Waals surface area (Å²) in [7, 11) is 0. The molecule has 0 radical (unpaired) electrons. The van der Waals surface area contributed by atoms with E-state index in [0.29, 0.717) is 0 Å². The van der Waals surface area contributed by atoms with Crippen LogP contribution in [0.25, 0.3) is 0 Å². The van der Waals surface area contributed by atoms with Crippen molar-refractivity contribution in [1.29, 1.82) is 0 Å². The molecule has 0 spiro atoms. The second-order valence-corrected chi connectivity index (χ2v) is 9.95. The first-order valence-electron chi connectivity index (χ1n) is 11.6. The smallest absolute Gasteiger partial charge is 0.213 e. The lowest BCUT2D eigenvalue weighted by Gasteiger charge is -2.49. The van der Waals surface area contributed by atoms with E-state index in [1.54, 1.807) is 13.8 Å². The van der Waals surface area contributed by atoms with E-state index in [1.165, 1.54) is 0 Å². The zero-order chi connectivity index (χ0) is 27.2. The van der Waals surface area contributed by atoms with Gasteiger partial charge in [-0.2, -0.15) is 0 Å². The number of hydrogen-bond donors (Lipinski definition) is 11. The lowest BCUT2D eigenvalue weighted by atomic mass is 9.86. The average Bonchev–Trinajstić information content (AvgIpc) is 2.95. The standard InChI is InChI=1S/C21H38N2O13/c1-20(2)17(23)15(30)13(28)9(35-20)6-33-18(31)11(22)16(8(26)3-4-24)34-19-10-14(29)12(27)7(5-25)21(10,32)36-19/h7-10,12-15,17-19,24-32H,3-6,22-23H2,1-2H3/b16-11-/t7?,8-,9?,10?,12-,13-,14?,15?,17?,18+,19+,21?/m1/s1. The molecule has 15 heteroatoms. The molecule has 0 aromatic rings. The van der Waals surface area contributed by atoms with E-state index in [9.17, 15) is 46.0 Å². The quantitative estimate of drug-likeness (QED) is 0.0935. The summed E-state index contributed by atoms with van der Waals surface area (Å²) in [4.78, 5) is 0. The summed E-state index contributed by atoms with van der Waals surface area (Å²) in [5, 5.41) is 91.0. The van der Waals surface area contributed by atoms with Crippen LogP contribution in [-0.2, 0) is 18.9 Å². The lowest BCUT2D eigenvalue weighted by Crippen LogP contribution is -2.66. The van der Waals surface area contributed by atoms with Gasteiger partial charge in [0, 0.05) is 13.0 Å². The van der Waals surface area contributed by atoms with Gasteiger partial charge >= 0.3 is 0 Å². The number of hydrogen-bond acceptors (Lipinski definition) is 15. The predicted octanol–water partition coefficient (Wildman–Crippen LogP) is -5.52. The molecule has 3 rings (SSSR count). The SMILES string of the molecule is CC1(C)OC(CO[C@H](O)/C(N)=C(/O[C@H]2OC3(O)C2C(O)[C@H](O)C3CO)[C@H](O)CCO)[C@@H](O)C(O)C1N. The van der Waals surface area contributed by atoms with Gasteiger partial charge in [-0.15, -0.1) is 0 Å². The summed E-state index contributed by atoms with van der Waals surface area (Å²) >= 11 is 0. The molecule has 12 atom stereocenters. The lowest BCUT2D eigenvalue weighted by molar-refractivity contribution is -0.433. The third-order valence-corrected chi connectivity index (χ3v) is 7.21. The van der Waals surface area contributed by atoms with Gasteiger partial charge in [-0.3, -0.25) is 0 Å². The van der Waals surface area contributed by atoms with Crippen molar-refractivity contribution >= 4 is 0 Å². The first kappa shape index (κ1) is 29.4. The summed E-state index contributed by atoms with van der Waals surface area (Å²) in [6.45, 7) is 1.58. The van der Waals surface area contributed by atoms with Crippen LogP contribution in [0.1, 0.15) is 20.3 Å². The molecule has 36 heavy (non-hydrogen) atoms. The maximum atomic E-state index is 10.6. The average molecular weight is 527 g/mol. The van der Waals surface area contributed by atoms with Crippen LogP contribution >= 0.6 is 0 Å². The van der Waals surface area contributed by atoms with Crippen LogP contribution < -0.4 is 11.5 Å². The van der Waals surface area contributed by atoms with Crippen molar-refractivity contribution in [1.82, 2.24) is 0 Å². The van der Waals surface area contributed by atoms with Crippen molar-refractivity contribution in [2.75, 3.05) is 19.8 Å². The van der Waals surface area contributed by atoms with E-state index in [-0.39, 0.29) is 6.42 Å². The molecule has 15 nitrogen and oxygen atoms in total. The number of ether oxygens (including phenoxy) is 4. The summed E-state index contributed by atoms with van der Waals surface area (Å²) < 4.78 is 21.8. The third kappa shape index (κ3) is 5.09. The number of nitrogens with two attached hydrogens (primary N) is 2. The highest BCUT2D eigenvalue weighted by atomic mass is 16.8. The van der Waals surface area contributed by atoms with Gasteiger partial charge in [0.25, 0.3) is 0 Å². The van der Waals surface area contributed by atoms with Gasteiger partial charge in [0.15, 0.2) is 17.8 Å². The molecule has 0 aromatic carbocycles. The van der Waals surface area contributed by atoms with Crippen LogP contribution in [0.2, 0.25) is 0 Å². The molecular weight excluding hydrogens is 488 g/mol. The van der Waals surface area contributed by atoms with Crippen LogP contribution in [0.5, 0.6) is 0 Å². The molecule has 0 bridgehead atoms. The second kappa shape index (κ2) is 10.9. The number of fused-ring (bicyclic) bond motifs is 1. The van der Waals surface area contributed by atoms with Crippen LogP contribution in [0.4, 0.5) is 0 Å². The van der Waals surface area contributed by atoms with E-state index in [2.05, 4.69) is 0 Å². The zero-order valence-electron chi connectivity index (χ0n) is 20.0. The van der Waals surface area contributed by atoms with Crippen molar-refractivity contribution in [2.45, 2.75) is 86.9 Å². The van der Waals surface area contributed by atoms with Gasteiger partial charge < -0.3 is 76.4 Å². The molecule has 0 aromatic heterocycles. The highest BCUT2D eigenvalue weighted by molar-refractivity contribution is 5.15. The Hall–Kier alpha value is -1.18. The second-order valence-electron chi connectivity index (χ2n) is 9.95. The Bertz CT molecular complexity index is 800. The molecule has 13 N–H and O–H groups in total. The first-order chi connectivity index (χ1) is 16.7. The van der Waals surface area contributed by atoms with E-state index >= 15 is 0 Å². The molecule has 1 aliphatic carbocycles. The van der Waals surface area contributed by atoms with Gasteiger partial charge in [0.05, 0.1) is 43.0 Å². The molecule has 0 amide bonds. The van der Waals surface area contributed by atoms with Crippen LogP contribution in [0, 0.1) is 11.8 Å². The van der Waals surface area contributed by atoms with Crippen LogP contribution in [-0.4, -0.2) is 132 Å². The maximum Gasteiger partial charge on any atom is 0.213 e. The molecule has 2 saturated heterocycles. The van der Waals surface area contributed by atoms with E-state index in [4.69, 9.17) is 30.4 Å². The van der Waals surface area contributed by atoms with Crippen molar-refractivity contribution in [2.24, 2.45) is 23.3 Å². The minimum Gasteiger partial charge on any atom is -0.464 e. The topological polar surface area (TPSA) is 271 Å². The minimum absolute atomic E-state index is 0.280. The predicted molar refractivity (Wildman–Crippen MR) is 117 cm³/mol. The van der Waals surface area contributed by atoms with E-state index in [1.807, 2.05) is 0 Å². The van der Waals surface area contributed by atoms with Gasteiger partial charge in [0.2, 0.25) is 6.29 Å². The minimum atomic E-state index is -2.10. The summed E-state index contributed by atoms with van der Waals surface area (Å²) in [5.74, 6) is -5.04. The normalized spacial score (nSPS) is 44.3. The molecule has 2 aliphatic heterocycles. The number of aliphatic hydroxyl groups excluding tert-OH is 8. The van der Waals surface area contributed by atoms with Gasteiger partial charge in [-0.25, -0.2) is 0 Å². The Morgan fingerprint density at radius 3 is 2.22 bits per heavy atom. The number of rotatable bonds is 10. The molecule has 3 aliphatic rings. The fourth-order valence-corrected chi connectivity index (χ4v) is 4.86.